The van der Waals surface area contributed by atoms with Gasteiger partial charge in [-0.05, 0) is 19.1 Å². The minimum absolute atomic E-state index is 0.0523. The Kier molecular flexibility index (Phi) is 4.75. The molecule has 0 saturated carbocycles. The molecule has 2 aliphatic rings. The van der Waals surface area contributed by atoms with Crippen LogP contribution < -0.4 is 5.32 Å². The van der Waals surface area contributed by atoms with Crippen LogP contribution in [-0.4, -0.2) is 48.9 Å². The highest BCUT2D eigenvalue weighted by Crippen LogP contribution is 2.30. The number of carbonyl (C=O) groups excluding carboxylic acids is 1. The largest absolute Gasteiger partial charge is 0.378 e. The third kappa shape index (κ3) is 3.76. The van der Waals surface area contributed by atoms with Gasteiger partial charge in [0, 0.05) is 36.7 Å². The normalized spacial score (nSPS) is 27.4. The zero-order valence-electron chi connectivity index (χ0n) is 13.0. The van der Waals surface area contributed by atoms with Crippen molar-refractivity contribution < 1.29 is 18.7 Å². The average Bonchev–Trinajstić information content (AvgIpc) is 2.92. The Morgan fingerprint density at radius 2 is 2.39 bits per heavy atom. The molecule has 1 N–H and O–H groups in total. The summed E-state index contributed by atoms with van der Waals surface area (Å²) in [5, 5.41) is 3.10. The number of hydrogen-bond acceptors (Lipinski definition) is 3. The molecule has 2 heterocycles. The van der Waals surface area contributed by atoms with Gasteiger partial charge in [0.2, 0.25) is 0 Å². The minimum Gasteiger partial charge on any atom is -0.378 e. The molecule has 5 nitrogen and oxygen atoms in total. The van der Waals surface area contributed by atoms with Gasteiger partial charge in [-0.3, -0.25) is 0 Å². The highest BCUT2D eigenvalue weighted by molar-refractivity contribution is 6.30. The second-order valence-electron chi connectivity index (χ2n) is 6.19. The van der Waals surface area contributed by atoms with Crippen molar-refractivity contribution in [1.29, 1.82) is 0 Å². The average molecular weight is 343 g/mol. The molecule has 2 amide bonds. The maximum Gasteiger partial charge on any atom is 0.317 e. The Balaban J connectivity index is 1.61. The van der Waals surface area contributed by atoms with E-state index in [4.69, 9.17) is 21.1 Å². The first kappa shape index (κ1) is 16.5. The molecule has 2 saturated heterocycles. The lowest BCUT2D eigenvalue weighted by atomic mass is 9.99. The number of hydrogen-bond donors (Lipinski definition) is 1. The Labute approximate surface area is 139 Å². The summed E-state index contributed by atoms with van der Waals surface area (Å²) < 4.78 is 25.2. The number of benzene rings is 1. The number of urea groups is 1. The molecule has 0 bridgehead atoms. The van der Waals surface area contributed by atoms with E-state index in [1.54, 1.807) is 17.0 Å². The molecule has 2 atom stereocenters. The van der Waals surface area contributed by atoms with Crippen LogP contribution in [-0.2, 0) is 16.0 Å². The first-order chi connectivity index (χ1) is 11.0. The van der Waals surface area contributed by atoms with E-state index in [-0.39, 0.29) is 18.7 Å². The van der Waals surface area contributed by atoms with Gasteiger partial charge in [0.25, 0.3) is 0 Å². The van der Waals surface area contributed by atoms with E-state index >= 15 is 0 Å². The van der Waals surface area contributed by atoms with E-state index in [0.29, 0.717) is 36.9 Å². The van der Waals surface area contributed by atoms with Gasteiger partial charge in [-0.25, -0.2) is 9.18 Å². The number of rotatable bonds is 2. The van der Waals surface area contributed by atoms with Crippen molar-refractivity contribution >= 4 is 17.6 Å². The van der Waals surface area contributed by atoms with E-state index in [2.05, 4.69) is 5.32 Å². The van der Waals surface area contributed by atoms with Gasteiger partial charge in [-0.15, -0.1) is 0 Å². The van der Waals surface area contributed by atoms with E-state index in [1.165, 1.54) is 6.07 Å². The maximum atomic E-state index is 13.8. The molecule has 126 valence electrons. The number of carbonyl (C=O) groups is 1. The van der Waals surface area contributed by atoms with Crippen molar-refractivity contribution in [2.45, 2.75) is 31.6 Å². The fraction of sp³-hybridized carbons (Fsp3) is 0.562. The summed E-state index contributed by atoms with van der Waals surface area (Å²) in [5.41, 5.74) is 0.00328. The van der Waals surface area contributed by atoms with Crippen molar-refractivity contribution in [2.75, 3.05) is 26.3 Å². The van der Waals surface area contributed by atoms with Crippen LogP contribution in [0, 0.1) is 5.82 Å². The van der Waals surface area contributed by atoms with Crippen molar-refractivity contribution in [1.82, 2.24) is 10.2 Å². The molecule has 1 spiro atoms. The summed E-state index contributed by atoms with van der Waals surface area (Å²) in [5.74, 6) is -0.422. The lowest BCUT2D eigenvalue weighted by Crippen LogP contribution is -2.58. The maximum absolute atomic E-state index is 13.8. The van der Waals surface area contributed by atoms with Crippen LogP contribution in [0.2, 0.25) is 5.02 Å². The first-order valence-corrected chi connectivity index (χ1v) is 8.07. The summed E-state index contributed by atoms with van der Waals surface area (Å²) in [6.07, 6.45) is 0.732. The molecule has 23 heavy (non-hydrogen) atoms. The van der Waals surface area contributed by atoms with Crippen LogP contribution in [0.3, 0.4) is 0 Å². The van der Waals surface area contributed by atoms with Gasteiger partial charge < -0.3 is 19.7 Å². The Bertz CT molecular complexity index is 593. The SMILES string of the molecule is C[C@H]1CN(C(=O)NCc2ccc(Cl)cc2F)C[C@@]2(CCOC2)O1. The van der Waals surface area contributed by atoms with Crippen LogP contribution in [0.5, 0.6) is 0 Å². The quantitative estimate of drug-likeness (QED) is 0.898. The van der Waals surface area contributed by atoms with Gasteiger partial charge in [-0.2, -0.15) is 0 Å². The van der Waals surface area contributed by atoms with Crippen LogP contribution in [0.25, 0.3) is 0 Å². The predicted octanol–water partition coefficient (Wildman–Crippen LogP) is 2.57. The van der Waals surface area contributed by atoms with Crippen LogP contribution in [0.15, 0.2) is 18.2 Å². The zero-order chi connectivity index (χ0) is 16.4. The lowest BCUT2D eigenvalue weighted by Gasteiger charge is -2.42. The predicted molar refractivity (Wildman–Crippen MR) is 83.9 cm³/mol. The smallest absolute Gasteiger partial charge is 0.317 e. The molecule has 3 rings (SSSR count). The minimum atomic E-state index is -0.422. The van der Waals surface area contributed by atoms with Gasteiger partial charge in [-0.1, -0.05) is 17.7 Å². The summed E-state index contributed by atoms with van der Waals surface area (Å²) in [6.45, 7) is 4.23. The molecule has 1 aromatic rings. The van der Waals surface area contributed by atoms with E-state index in [0.717, 1.165) is 6.42 Å². The molecular formula is C16H20ClFN2O3. The number of amides is 2. The van der Waals surface area contributed by atoms with Gasteiger partial charge in [0.1, 0.15) is 11.4 Å². The molecule has 2 fully saturated rings. The van der Waals surface area contributed by atoms with Crippen molar-refractivity contribution in [3.8, 4) is 0 Å². The number of nitrogens with one attached hydrogen (secondary N) is 1. The molecule has 7 heteroatoms. The molecule has 0 radical (unpaired) electrons. The second kappa shape index (κ2) is 6.63. The van der Waals surface area contributed by atoms with E-state index in [9.17, 15) is 9.18 Å². The van der Waals surface area contributed by atoms with Gasteiger partial charge in [0.15, 0.2) is 0 Å². The number of halogens is 2. The second-order valence-corrected chi connectivity index (χ2v) is 6.63. The molecular weight excluding hydrogens is 323 g/mol. The standard InChI is InChI=1S/C16H20ClFN2O3/c1-11-8-20(9-16(23-11)4-5-22-10-16)15(21)19-7-12-2-3-13(17)6-14(12)18/h2-3,6,11H,4-5,7-10H2,1H3,(H,19,21)/t11-,16+/m0/s1. The number of nitrogens with zero attached hydrogens (tertiary/aromatic N) is 1. The Hall–Kier alpha value is -1.37. The molecule has 0 aliphatic carbocycles. The fourth-order valence-electron chi connectivity index (χ4n) is 3.13. The van der Waals surface area contributed by atoms with E-state index in [1.807, 2.05) is 6.92 Å². The number of morpholine rings is 1. The van der Waals surface area contributed by atoms with Crippen LogP contribution in [0.4, 0.5) is 9.18 Å². The Morgan fingerprint density at radius 3 is 3.09 bits per heavy atom. The first-order valence-electron chi connectivity index (χ1n) is 7.70. The van der Waals surface area contributed by atoms with Crippen molar-refractivity contribution in [3.05, 3.63) is 34.6 Å². The van der Waals surface area contributed by atoms with Gasteiger partial charge in [0.05, 0.1) is 19.3 Å². The molecule has 2 aliphatic heterocycles. The summed E-state index contributed by atoms with van der Waals surface area (Å²) in [7, 11) is 0. The highest BCUT2D eigenvalue weighted by Gasteiger charge is 2.44. The van der Waals surface area contributed by atoms with Crippen LogP contribution >= 0.6 is 11.6 Å². The summed E-state index contributed by atoms with van der Waals surface area (Å²) in [4.78, 5) is 14.1. The zero-order valence-corrected chi connectivity index (χ0v) is 13.7. The van der Waals surface area contributed by atoms with Crippen molar-refractivity contribution in [2.24, 2.45) is 0 Å². The molecule has 1 aromatic carbocycles. The van der Waals surface area contributed by atoms with Crippen LogP contribution in [0.1, 0.15) is 18.9 Å². The topological polar surface area (TPSA) is 50.8 Å². The summed E-state index contributed by atoms with van der Waals surface area (Å²) >= 11 is 5.73. The lowest BCUT2D eigenvalue weighted by molar-refractivity contribution is -0.137. The third-order valence-electron chi connectivity index (χ3n) is 4.21. The van der Waals surface area contributed by atoms with Gasteiger partial charge >= 0.3 is 6.03 Å². The summed E-state index contributed by atoms with van der Waals surface area (Å²) in [6, 6.07) is 4.20. The number of ether oxygens (including phenoxy) is 2. The van der Waals surface area contributed by atoms with Crippen molar-refractivity contribution in [3.63, 3.8) is 0 Å². The molecule has 0 aromatic heterocycles. The van der Waals surface area contributed by atoms with E-state index < -0.39 is 11.4 Å². The third-order valence-corrected chi connectivity index (χ3v) is 4.44. The fourth-order valence-corrected chi connectivity index (χ4v) is 3.29. The monoisotopic (exact) mass is 342 g/mol. The highest BCUT2D eigenvalue weighted by atomic mass is 35.5. The Morgan fingerprint density at radius 1 is 1.57 bits per heavy atom. The molecule has 0 unspecified atom stereocenters.